The molecule has 3 heteroatoms. The van der Waals surface area contributed by atoms with Gasteiger partial charge in [0.05, 0.1) is 6.61 Å². The van der Waals surface area contributed by atoms with E-state index in [1.807, 2.05) is 0 Å². The van der Waals surface area contributed by atoms with Gasteiger partial charge in [-0.15, -0.1) is 0 Å². The lowest BCUT2D eigenvalue weighted by Crippen LogP contribution is -2.58. The minimum Gasteiger partial charge on any atom is -0.380 e. The summed E-state index contributed by atoms with van der Waals surface area (Å²) >= 11 is 0. The summed E-state index contributed by atoms with van der Waals surface area (Å²) in [7, 11) is 2.27. The molecule has 3 nitrogen and oxygen atoms in total. The Bertz CT molecular complexity index is 284. The van der Waals surface area contributed by atoms with Crippen LogP contribution < -0.4 is 5.73 Å². The molecule has 2 rings (SSSR count). The van der Waals surface area contributed by atoms with Gasteiger partial charge in [-0.05, 0) is 50.5 Å². The summed E-state index contributed by atoms with van der Waals surface area (Å²) in [6.07, 6.45) is 6.30. The van der Waals surface area contributed by atoms with Crippen LogP contribution in [0.15, 0.2) is 0 Å². The summed E-state index contributed by atoms with van der Waals surface area (Å²) in [4.78, 5) is 2.55. The summed E-state index contributed by atoms with van der Waals surface area (Å²) in [6, 6.07) is 0.578. The van der Waals surface area contributed by atoms with E-state index in [1.54, 1.807) is 0 Å². The normalized spacial score (nSPS) is 36.9. The SMILES string of the molecule is CN(C1CCOC1)C1(CN)CCC(C(C)(C)C)CC1. The van der Waals surface area contributed by atoms with E-state index in [9.17, 15) is 0 Å². The fourth-order valence-corrected chi connectivity index (χ4v) is 3.94. The van der Waals surface area contributed by atoms with Crippen molar-refractivity contribution in [2.24, 2.45) is 17.1 Å². The van der Waals surface area contributed by atoms with Crippen LogP contribution >= 0.6 is 0 Å². The standard InChI is InChI=1S/C16H32N2O/c1-15(2,3)13-5-8-16(12-17,9-6-13)18(4)14-7-10-19-11-14/h13-14H,5-12,17H2,1-4H3. The van der Waals surface area contributed by atoms with E-state index in [-0.39, 0.29) is 5.54 Å². The van der Waals surface area contributed by atoms with Crippen molar-refractivity contribution >= 4 is 0 Å². The molecular weight excluding hydrogens is 236 g/mol. The molecule has 0 aromatic rings. The van der Waals surface area contributed by atoms with Gasteiger partial charge in [-0.2, -0.15) is 0 Å². The van der Waals surface area contributed by atoms with Crippen LogP contribution in [-0.2, 0) is 4.74 Å². The molecule has 0 radical (unpaired) electrons. The van der Waals surface area contributed by atoms with E-state index in [0.29, 0.717) is 11.5 Å². The molecule has 112 valence electrons. The van der Waals surface area contributed by atoms with Crippen LogP contribution in [0.1, 0.15) is 52.9 Å². The zero-order valence-electron chi connectivity index (χ0n) is 13.2. The summed E-state index contributed by atoms with van der Waals surface area (Å²) in [5, 5.41) is 0. The third-order valence-corrected chi connectivity index (χ3v) is 5.72. The van der Waals surface area contributed by atoms with E-state index in [2.05, 4.69) is 32.7 Å². The fourth-order valence-electron chi connectivity index (χ4n) is 3.94. The molecule has 0 spiro atoms. The molecule has 2 aliphatic rings. The molecule has 1 aliphatic heterocycles. The van der Waals surface area contributed by atoms with Crippen molar-refractivity contribution in [3.8, 4) is 0 Å². The van der Waals surface area contributed by atoms with E-state index < -0.39 is 0 Å². The molecule has 1 aliphatic carbocycles. The van der Waals surface area contributed by atoms with Crippen LogP contribution in [0.25, 0.3) is 0 Å². The first-order valence-corrected chi connectivity index (χ1v) is 7.90. The molecule has 1 heterocycles. The minimum absolute atomic E-state index is 0.222. The maximum Gasteiger partial charge on any atom is 0.0622 e. The molecule has 2 N–H and O–H groups in total. The van der Waals surface area contributed by atoms with Crippen molar-refractivity contribution in [2.45, 2.75) is 64.5 Å². The van der Waals surface area contributed by atoms with Gasteiger partial charge in [0.1, 0.15) is 0 Å². The number of ether oxygens (including phenoxy) is 1. The van der Waals surface area contributed by atoms with Gasteiger partial charge in [0, 0.05) is 24.7 Å². The van der Waals surface area contributed by atoms with Crippen LogP contribution in [0.4, 0.5) is 0 Å². The van der Waals surface area contributed by atoms with Gasteiger partial charge in [0.15, 0.2) is 0 Å². The average molecular weight is 268 g/mol. The molecule has 0 amide bonds. The largest absolute Gasteiger partial charge is 0.380 e. The van der Waals surface area contributed by atoms with Crippen molar-refractivity contribution in [3.05, 3.63) is 0 Å². The molecule has 1 saturated carbocycles. The molecular formula is C16H32N2O. The molecule has 0 aromatic heterocycles. The first kappa shape index (κ1) is 15.3. The van der Waals surface area contributed by atoms with Crippen molar-refractivity contribution in [1.29, 1.82) is 0 Å². The second-order valence-corrected chi connectivity index (χ2v) is 7.70. The molecule has 0 bridgehead atoms. The maximum atomic E-state index is 6.18. The Kier molecular flexibility index (Phi) is 4.59. The lowest BCUT2D eigenvalue weighted by molar-refractivity contribution is 0.00852. The Labute approximate surface area is 118 Å². The Morgan fingerprint density at radius 3 is 2.26 bits per heavy atom. The highest BCUT2D eigenvalue weighted by Crippen LogP contribution is 2.43. The number of hydrogen-bond acceptors (Lipinski definition) is 3. The number of likely N-dealkylation sites (N-methyl/N-ethyl adjacent to an activating group) is 1. The van der Waals surface area contributed by atoms with Crippen LogP contribution in [-0.4, -0.2) is 43.3 Å². The average Bonchev–Trinajstić information content (AvgIpc) is 2.90. The third kappa shape index (κ3) is 3.14. The number of hydrogen-bond donors (Lipinski definition) is 1. The minimum atomic E-state index is 0.222. The van der Waals surface area contributed by atoms with Crippen LogP contribution in [0.3, 0.4) is 0 Å². The van der Waals surface area contributed by atoms with Gasteiger partial charge in [-0.1, -0.05) is 20.8 Å². The maximum absolute atomic E-state index is 6.18. The fraction of sp³-hybridized carbons (Fsp3) is 1.00. The van der Waals surface area contributed by atoms with E-state index in [4.69, 9.17) is 10.5 Å². The van der Waals surface area contributed by atoms with Gasteiger partial charge in [0.2, 0.25) is 0 Å². The van der Waals surface area contributed by atoms with E-state index in [0.717, 1.165) is 25.7 Å². The topological polar surface area (TPSA) is 38.5 Å². The second kappa shape index (κ2) is 5.71. The second-order valence-electron chi connectivity index (χ2n) is 7.70. The summed E-state index contributed by atoms with van der Waals surface area (Å²) in [5.41, 5.74) is 6.84. The number of nitrogens with zero attached hydrogens (tertiary/aromatic N) is 1. The first-order valence-electron chi connectivity index (χ1n) is 7.90. The molecule has 1 saturated heterocycles. The zero-order valence-corrected chi connectivity index (χ0v) is 13.2. The molecule has 19 heavy (non-hydrogen) atoms. The van der Waals surface area contributed by atoms with E-state index in [1.165, 1.54) is 32.1 Å². The molecule has 2 fully saturated rings. The summed E-state index contributed by atoms with van der Waals surface area (Å²) < 4.78 is 5.55. The van der Waals surface area contributed by atoms with Crippen LogP contribution in [0, 0.1) is 11.3 Å². The lowest BCUT2D eigenvalue weighted by atomic mass is 9.66. The van der Waals surface area contributed by atoms with Gasteiger partial charge < -0.3 is 10.5 Å². The Balaban J connectivity index is 2.00. The smallest absolute Gasteiger partial charge is 0.0622 e. The van der Waals surface area contributed by atoms with Crippen LogP contribution in [0.5, 0.6) is 0 Å². The summed E-state index contributed by atoms with van der Waals surface area (Å²) in [5.74, 6) is 0.848. The van der Waals surface area contributed by atoms with E-state index >= 15 is 0 Å². The highest BCUT2D eigenvalue weighted by molar-refractivity contribution is 4.99. The van der Waals surface area contributed by atoms with Crippen LogP contribution in [0.2, 0.25) is 0 Å². The van der Waals surface area contributed by atoms with Gasteiger partial charge in [0.25, 0.3) is 0 Å². The third-order valence-electron chi connectivity index (χ3n) is 5.72. The Morgan fingerprint density at radius 1 is 1.21 bits per heavy atom. The predicted octanol–water partition coefficient (Wildman–Crippen LogP) is 2.64. The first-order chi connectivity index (χ1) is 8.89. The molecule has 1 unspecified atom stereocenters. The van der Waals surface area contributed by atoms with Gasteiger partial charge in [-0.3, -0.25) is 4.90 Å². The number of nitrogens with two attached hydrogens (primary N) is 1. The van der Waals surface area contributed by atoms with Gasteiger partial charge >= 0.3 is 0 Å². The van der Waals surface area contributed by atoms with Crippen molar-refractivity contribution in [3.63, 3.8) is 0 Å². The molecule has 0 aromatic carbocycles. The molecule has 1 atom stereocenters. The zero-order chi connectivity index (χ0) is 14.1. The Hall–Kier alpha value is -0.120. The highest BCUT2D eigenvalue weighted by Gasteiger charge is 2.43. The Morgan fingerprint density at radius 2 is 1.84 bits per heavy atom. The van der Waals surface area contributed by atoms with Crippen molar-refractivity contribution in [1.82, 2.24) is 4.90 Å². The lowest BCUT2D eigenvalue weighted by Gasteiger charge is -2.50. The van der Waals surface area contributed by atoms with Gasteiger partial charge in [-0.25, -0.2) is 0 Å². The monoisotopic (exact) mass is 268 g/mol. The highest BCUT2D eigenvalue weighted by atomic mass is 16.5. The van der Waals surface area contributed by atoms with Crippen molar-refractivity contribution < 1.29 is 4.74 Å². The number of rotatable bonds is 3. The summed E-state index contributed by atoms with van der Waals surface area (Å²) in [6.45, 7) is 9.73. The quantitative estimate of drug-likeness (QED) is 0.855. The van der Waals surface area contributed by atoms with Crippen molar-refractivity contribution in [2.75, 3.05) is 26.8 Å². The predicted molar refractivity (Wildman–Crippen MR) is 80.2 cm³/mol.